The Hall–Kier alpha value is -3.14. The number of esters is 2. The Kier molecular flexibility index (Phi) is 9.28. The second kappa shape index (κ2) is 12.3. The van der Waals surface area contributed by atoms with Gasteiger partial charge in [0, 0.05) is 5.57 Å². The zero-order valence-corrected chi connectivity index (χ0v) is 16.2. The van der Waals surface area contributed by atoms with Gasteiger partial charge in [-0.2, -0.15) is 0 Å². The molecule has 2 rings (SSSR count). The summed E-state index contributed by atoms with van der Waals surface area (Å²) in [5.41, 5.74) is 2.55. The lowest BCUT2D eigenvalue weighted by Crippen LogP contribution is -2.08. The van der Waals surface area contributed by atoms with Crippen LogP contribution >= 0.6 is 0 Å². The molecular weight excluding hydrogens is 352 g/mol. The van der Waals surface area contributed by atoms with Gasteiger partial charge >= 0.3 is 11.9 Å². The Morgan fingerprint density at radius 3 is 1.96 bits per heavy atom. The van der Waals surface area contributed by atoms with Gasteiger partial charge in [-0.1, -0.05) is 78.9 Å². The summed E-state index contributed by atoms with van der Waals surface area (Å²) in [5.74, 6) is -0.573. The molecule has 0 aliphatic heterocycles. The van der Waals surface area contributed by atoms with Gasteiger partial charge < -0.3 is 9.47 Å². The fraction of sp³-hybridized carbons (Fsp3) is 0.250. The summed E-state index contributed by atoms with van der Waals surface area (Å²) in [7, 11) is 0. The molecule has 0 saturated carbocycles. The second-order valence-electron chi connectivity index (χ2n) is 6.24. The molecule has 0 saturated heterocycles. The van der Waals surface area contributed by atoms with Crippen molar-refractivity contribution < 1.29 is 19.1 Å². The van der Waals surface area contributed by atoms with Crippen molar-refractivity contribution in [3.8, 4) is 0 Å². The van der Waals surface area contributed by atoms with Gasteiger partial charge in [0.2, 0.25) is 0 Å². The van der Waals surface area contributed by atoms with E-state index in [-0.39, 0.29) is 31.6 Å². The van der Waals surface area contributed by atoms with Crippen LogP contribution in [0, 0.1) is 0 Å². The van der Waals surface area contributed by atoms with Crippen LogP contribution < -0.4 is 0 Å². The molecule has 0 aliphatic rings. The molecule has 0 unspecified atom stereocenters. The maximum Gasteiger partial charge on any atom is 0.334 e. The van der Waals surface area contributed by atoms with E-state index in [0.717, 1.165) is 11.1 Å². The molecule has 0 bridgehead atoms. The Morgan fingerprint density at radius 2 is 1.39 bits per heavy atom. The molecule has 0 aliphatic carbocycles. The van der Waals surface area contributed by atoms with E-state index in [4.69, 9.17) is 9.47 Å². The minimum Gasteiger partial charge on any atom is -0.461 e. The number of carbonyl (C=O) groups excluding carboxylic acids is 2. The quantitative estimate of drug-likeness (QED) is 0.326. The van der Waals surface area contributed by atoms with Gasteiger partial charge in [-0.3, -0.25) is 4.79 Å². The number of rotatable bonds is 10. The van der Waals surface area contributed by atoms with Crippen LogP contribution in [0.2, 0.25) is 0 Å². The van der Waals surface area contributed by atoms with Gasteiger partial charge in [0.15, 0.2) is 0 Å². The predicted octanol–water partition coefficient (Wildman–Crippen LogP) is 5.15. The second-order valence-corrected chi connectivity index (χ2v) is 6.24. The van der Waals surface area contributed by atoms with Gasteiger partial charge in [-0.05, 0) is 30.9 Å². The van der Waals surface area contributed by atoms with E-state index >= 15 is 0 Å². The van der Waals surface area contributed by atoms with E-state index in [1.54, 1.807) is 12.2 Å². The lowest BCUT2D eigenvalue weighted by molar-refractivity contribution is -0.144. The fourth-order valence-electron chi connectivity index (χ4n) is 2.51. The Bertz CT molecular complexity index is 792. The van der Waals surface area contributed by atoms with Crippen LogP contribution in [0.25, 0.3) is 0 Å². The molecule has 4 nitrogen and oxygen atoms in total. The number of hydrogen-bond donors (Lipinski definition) is 0. The minimum absolute atomic E-state index is 0.219. The summed E-state index contributed by atoms with van der Waals surface area (Å²) in [6, 6.07) is 19.2. The molecule has 28 heavy (non-hydrogen) atoms. The first-order valence-corrected chi connectivity index (χ1v) is 9.40. The average molecular weight is 378 g/mol. The van der Waals surface area contributed by atoms with E-state index in [1.165, 1.54) is 0 Å². The molecule has 4 heteroatoms. The van der Waals surface area contributed by atoms with Crippen molar-refractivity contribution in [1.82, 2.24) is 0 Å². The summed E-state index contributed by atoms with van der Waals surface area (Å²) >= 11 is 0. The molecule has 0 radical (unpaired) electrons. The van der Waals surface area contributed by atoms with Crippen LogP contribution in [-0.2, 0) is 32.3 Å². The van der Waals surface area contributed by atoms with Crippen molar-refractivity contribution in [3.63, 3.8) is 0 Å². The molecule has 0 heterocycles. The average Bonchev–Trinajstić information content (AvgIpc) is 2.74. The standard InChI is InChI=1S/C24H26O4/c1-2-22(24(26)28-19-21-14-8-4-9-15-21)16-10-5-11-17-23(25)27-18-20-12-6-3-7-13-20/h2-9,11-15H,10,16-19H2,1H3/b11-5?,22-2+. The molecular formula is C24H26O4. The van der Waals surface area contributed by atoms with E-state index < -0.39 is 0 Å². The summed E-state index contributed by atoms with van der Waals surface area (Å²) in [5, 5.41) is 0. The van der Waals surface area contributed by atoms with E-state index in [0.29, 0.717) is 18.4 Å². The normalized spacial score (nSPS) is 11.4. The van der Waals surface area contributed by atoms with E-state index in [2.05, 4.69) is 0 Å². The van der Waals surface area contributed by atoms with Gasteiger partial charge in [-0.25, -0.2) is 4.79 Å². The largest absolute Gasteiger partial charge is 0.461 e. The molecule has 146 valence electrons. The Labute approximate surface area is 166 Å². The van der Waals surface area contributed by atoms with Crippen LogP contribution in [0.15, 0.2) is 84.5 Å². The highest BCUT2D eigenvalue weighted by atomic mass is 16.5. The molecule has 0 spiro atoms. The van der Waals surface area contributed by atoms with Crippen LogP contribution in [0.4, 0.5) is 0 Å². The first-order valence-electron chi connectivity index (χ1n) is 9.40. The lowest BCUT2D eigenvalue weighted by Gasteiger charge is -2.07. The Morgan fingerprint density at radius 1 is 0.821 bits per heavy atom. The van der Waals surface area contributed by atoms with Crippen molar-refractivity contribution in [2.24, 2.45) is 0 Å². The van der Waals surface area contributed by atoms with Gasteiger partial charge in [-0.15, -0.1) is 0 Å². The SMILES string of the molecule is C/C=C(\CCC=CCC(=O)OCc1ccccc1)C(=O)OCc1ccccc1. The first kappa shape index (κ1) is 21.2. The summed E-state index contributed by atoms with van der Waals surface area (Å²) < 4.78 is 10.6. The molecule has 0 aromatic heterocycles. The van der Waals surface area contributed by atoms with Crippen molar-refractivity contribution in [2.75, 3.05) is 0 Å². The third kappa shape index (κ3) is 8.04. The number of allylic oxidation sites excluding steroid dienone is 2. The summed E-state index contributed by atoms with van der Waals surface area (Å²) in [6.45, 7) is 2.37. The smallest absolute Gasteiger partial charge is 0.334 e. The number of hydrogen-bond acceptors (Lipinski definition) is 4. The van der Waals surface area contributed by atoms with Crippen LogP contribution in [0.5, 0.6) is 0 Å². The maximum absolute atomic E-state index is 12.2. The third-order valence-corrected chi connectivity index (χ3v) is 4.10. The van der Waals surface area contributed by atoms with Crippen molar-refractivity contribution in [1.29, 1.82) is 0 Å². The van der Waals surface area contributed by atoms with Crippen LogP contribution in [0.1, 0.15) is 37.3 Å². The number of carbonyl (C=O) groups is 2. The molecule has 0 atom stereocenters. The molecule has 2 aromatic rings. The zero-order valence-electron chi connectivity index (χ0n) is 16.2. The minimum atomic E-state index is -0.304. The molecule has 0 amide bonds. The third-order valence-electron chi connectivity index (χ3n) is 4.10. The predicted molar refractivity (Wildman–Crippen MR) is 109 cm³/mol. The Balaban J connectivity index is 1.64. The molecule has 0 N–H and O–H groups in total. The van der Waals surface area contributed by atoms with Crippen LogP contribution in [-0.4, -0.2) is 11.9 Å². The number of ether oxygens (including phenoxy) is 2. The van der Waals surface area contributed by atoms with Crippen LogP contribution in [0.3, 0.4) is 0 Å². The van der Waals surface area contributed by atoms with Gasteiger partial charge in [0.05, 0.1) is 6.42 Å². The monoisotopic (exact) mass is 378 g/mol. The van der Waals surface area contributed by atoms with E-state index in [9.17, 15) is 9.59 Å². The van der Waals surface area contributed by atoms with Crippen molar-refractivity contribution in [2.45, 2.75) is 39.4 Å². The van der Waals surface area contributed by atoms with Crippen molar-refractivity contribution >= 4 is 11.9 Å². The highest BCUT2D eigenvalue weighted by Crippen LogP contribution is 2.11. The van der Waals surface area contributed by atoms with Gasteiger partial charge in [0.1, 0.15) is 13.2 Å². The van der Waals surface area contributed by atoms with E-state index in [1.807, 2.05) is 73.7 Å². The van der Waals surface area contributed by atoms with Gasteiger partial charge in [0.25, 0.3) is 0 Å². The highest BCUT2D eigenvalue weighted by molar-refractivity contribution is 5.88. The lowest BCUT2D eigenvalue weighted by atomic mass is 10.1. The molecule has 2 aromatic carbocycles. The topological polar surface area (TPSA) is 52.6 Å². The summed E-state index contributed by atoms with van der Waals surface area (Å²) in [6.07, 6.45) is 6.88. The summed E-state index contributed by atoms with van der Waals surface area (Å²) in [4.78, 5) is 23.9. The first-order chi connectivity index (χ1) is 13.7. The molecule has 0 fully saturated rings. The zero-order chi connectivity index (χ0) is 20.0. The maximum atomic E-state index is 12.2. The van der Waals surface area contributed by atoms with Crippen molar-refractivity contribution in [3.05, 3.63) is 95.6 Å². The fourth-order valence-corrected chi connectivity index (χ4v) is 2.51. The highest BCUT2D eigenvalue weighted by Gasteiger charge is 2.09. The number of benzene rings is 2.